The summed E-state index contributed by atoms with van der Waals surface area (Å²) in [5.41, 5.74) is 3.01. The number of hydrogen-bond donors (Lipinski definition) is 2. The highest BCUT2D eigenvalue weighted by atomic mass is 19.4. The van der Waals surface area contributed by atoms with Gasteiger partial charge in [0.15, 0.2) is 0 Å². The molecule has 1 aromatic heterocycles. The number of carbonyl (C=O) groups excluding carboxylic acids is 2. The van der Waals surface area contributed by atoms with Crippen LogP contribution in [0.2, 0.25) is 0 Å². The van der Waals surface area contributed by atoms with E-state index in [9.17, 15) is 22.8 Å². The highest BCUT2D eigenvalue weighted by Gasteiger charge is 2.60. The van der Waals surface area contributed by atoms with Crippen molar-refractivity contribution in [3.63, 3.8) is 0 Å². The number of amides is 2. The van der Waals surface area contributed by atoms with Crippen LogP contribution in [0.1, 0.15) is 87.1 Å². The topological polar surface area (TPSA) is 65.2 Å². The van der Waals surface area contributed by atoms with Crippen molar-refractivity contribution in [1.82, 2.24) is 15.2 Å². The molecule has 3 aromatic rings. The predicted octanol–water partition coefficient (Wildman–Crippen LogP) is 7.74. The van der Waals surface area contributed by atoms with Gasteiger partial charge in [0.2, 0.25) is 11.8 Å². The van der Waals surface area contributed by atoms with Crippen LogP contribution in [0.4, 0.5) is 13.2 Å². The zero-order valence-electron chi connectivity index (χ0n) is 25.8. The number of rotatable bonds is 8. The average molecular weight is 606 g/mol. The minimum absolute atomic E-state index is 0.0917. The summed E-state index contributed by atoms with van der Waals surface area (Å²) in [5.74, 6) is 2.01. The number of carbonyl (C=O) groups is 2. The molecule has 0 spiro atoms. The monoisotopic (exact) mass is 605 g/mol. The molecule has 5 nitrogen and oxygen atoms in total. The number of H-pyrrole nitrogens is 1. The molecule has 8 heteroatoms. The molecule has 1 heterocycles. The van der Waals surface area contributed by atoms with E-state index in [-0.39, 0.29) is 54.1 Å². The number of benzene rings is 2. The van der Waals surface area contributed by atoms with Gasteiger partial charge in [0.05, 0.1) is 12.1 Å². The standard InChI is InChI=1S/C36H42F3N3O2/c1-21-32(27-6-4-5-7-29(27)40-21)33-28(34(33,2)3)15-31(44)42(19-22-8-10-26(11-9-22)36(37,38)39)20-30(43)41-35-16-23-12-24(17-35)14-25(13-23)18-35/h4-11,23-25,28,33,40H,12-20H2,1-3H3,(H,41,43). The summed E-state index contributed by atoms with van der Waals surface area (Å²) in [6, 6.07) is 13.2. The third-order valence-electron chi connectivity index (χ3n) is 11.5. The molecule has 2 atom stereocenters. The maximum Gasteiger partial charge on any atom is 0.416 e. The summed E-state index contributed by atoms with van der Waals surface area (Å²) < 4.78 is 39.7. The molecule has 5 fully saturated rings. The number of aryl methyl sites for hydroxylation is 1. The Bertz CT molecular complexity index is 1550. The fourth-order valence-electron chi connectivity index (χ4n) is 9.74. The first-order chi connectivity index (χ1) is 20.8. The first-order valence-corrected chi connectivity index (χ1v) is 16.1. The van der Waals surface area contributed by atoms with Crippen molar-refractivity contribution >= 4 is 22.7 Å². The summed E-state index contributed by atoms with van der Waals surface area (Å²) >= 11 is 0. The second kappa shape index (κ2) is 10.4. The summed E-state index contributed by atoms with van der Waals surface area (Å²) in [7, 11) is 0. The molecule has 5 saturated carbocycles. The van der Waals surface area contributed by atoms with Crippen LogP contribution < -0.4 is 5.32 Å². The molecule has 234 valence electrons. The number of halogens is 3. The van der Waals surface area contributed by atoms with Crippen molar-refractivity contribution in [3.8, 4) is 0 Å². The van der Waals surface area contributed by atoms with Gasteiger partial charge < -0.3 is 15.2 Å². The summed E-state index contributed by atoms with van der Waals surface area (Å²) in [6.07, 6.45) is 2.69. The Morgan fingerprint density at radius 2 is 1.57 bits per heavy atom. The van der Waals surface area contributed by atoms with Crippen molar-refractivity contribution < 1.29 is 22.8 Å². The predicted molar refractivity (Wildman–Crippen MR) is 164 cm³/mol. The van der Waals surface area contributed by atoms with Crippen LogP contribution in [0.25, 0.3) is 10.9 Å². The molecular formula is C36H42F3N3O2. The molecule has 2 N–H and O–H groups in total. The summed E-state index contributed by atoms with van der Waals surface area (Å²) in [4.78, 5) is 32.7. The van der Waals surface area contributed by atoms with Gasteiger partial charge in [-0.1, -0.05) is 44.2 Å². The van der Waals surface area contributed by atoms with E-state index in [4.69, 9.17) is 0 Å². The van der Waals surface area contributed by atoms with E-state index < -0.39 is 11.7 Å². The number of alkyl halides is 3. The lowest BCUT2D eigenvalue weighted by Crippen LogP contribution is -2.61. The molecule has 0 saturated heterocycles. The van der Waals surface area contributed by atoms with Gasteiger partial charge >= 0.3 is 6.18 Å². The summed E-state index contributed by atoms with van der Waals surface area (Å²) in [6.45, 7) is 6.46. The lowest BCUT2D eigenvalue weighted by molar-refractivity contribution is -0.139. The molecule has 0 aliphatic heterocycles. The number of fused-ring (bicyclic) bond motifs is 1. The van der Waals surface area contributed by atoms with E-state index in [2.05, 4.69) is 43.2 Å². The Labute approximate surface area is 257 Å². The van der Waals surface area contributed by atoms with Crippen LogP contribution in [0.5, 0.6) is 0 Å². The number of nitrogens with zero attached hydrogens (tertiary/aromatic N) is 1. The lowest BCUT2D eigenvalue weighted by atomic mass is 9.53. The molecule has 2 unspecified atom stereocenters. The van der Waals surface area contributed by atoms with E-state index in [0.717, 1.165) is 42.6 Å². The summed E-state index contributed by atoms with van der Waals surface area (Å²) in [5, 5.41) is 4.56. The molecule has 2 amide bonds. The SMILES string of the molecule is Cc1[nH]c2ccccc2c1C1C(CC(=O)N(CC(=O)NC23CC4CC(CC(C4)C2)C3)Cc2ccc(C(F)(F)F)cc2)C1(C)C. The molecule has 8 rings (SSSR count). The Morgan fingerprint density at radius 3 is 2.18 bits per heavy atom. The molecule has 0 radical (unpaired) electrons. The zero-order valence-corrected chi connectivity index (χ0v) is 25.8. The van der Waals surface area contributed by atoms with E-state index in [1.807, 2.05) is 12.1 Å². The fourth-order valence-corrected chi connectivity index (χ4v) is 9.74. The van der Waals surface area contributed by atoms with E-state index in [1.165, 1.54) is 42.3 Å². The van der Waals surface area contributed by atoms with Gasteiger partial charge in [-0.3, -0.25) is 9.59 Å². The Morgan fingerprint density at radius 1 is 0.955 bits per heavy atom. The van der Waals surface area contributed by atoms with Crippen LogP contribution in [0.15, 0.2) is 48.5 Å². The third-order valence-corrected chi connectivity index (χ3v) is 11.5. The second-order valence-corrected chi connectivity index (χ2v) is 15.0. The van der Waals surface area contributed by atoms with Gasteiger partial charge in [-0.25, -0.2) is 0 Å². The Kier molecular flexibility index (Phi) is 6.94. The second-order valence-electron chi connectivity index (χ2n) is 15.0. The van der Waals surface area contributed by atoms with Crippen LogP contribution in [0, 0.1) is 36.0 Å². The molecule has 2 aromatic carbocycles. The number of nitrogens with one attached hydrogen (secondary N) is 2. The molecule has 4 bridgehead atoms. The minimum atomic E-state index is -4.43. The van der Waals surface area contributed by atoms with Crippen molar-refractivity contribution in [1.29, 1.82) is 0 Å². The van der Waals surface area contributed by atoms with Crippen molar-refractivity contribution in [2.45, 2.75) is 89.9 Å². The Balaban J connectivity index is 1.10. The third kappa shape index (κ3) is 5.32. The van der Waals surface area contributed by atoms with Crippen molar-refractivity contribution in [2.75, 3.05) is 6.54 Å². The maximum atomic E-state index is 14.0. The normalized spacial score (nSPS) is 30.0. The molecule has 5 aliphatic carbocycles. The van der Waals surface area contributed by atoms with Crippen molar-refractivity contribution in [2.24, 2.45) is 29.1 Å². The number of hydrogen-bond acceptors (Lipinski definition) is 2. The minimum Gasteiger partial charge on any atom is -0.358 e. The number of aromatic nitrogens is 1. The fraction of sp³-hybridized carbons (Fsp3) is 0.556. The van der Waals surface area contributed by atoms with Gasteiger partial charge in [-0.05, 0) is 110 Å². The van der Waals surface area contributed by atoms with Crippen LogP contribution in [-0.2, 0) is 22.3 Å². The lowest BCUT2D eigenvalue weighted by Gasteiger charge is -2.57. The quantitative estimate of drug-likeness (QED) is 0.276. The number of para-hydroxylation sites is 1. The maximum absolute atomic E-state index is 14.0. The van der Waals surface area contributed by atoms with Crippen LogP contribution >= 0.6 is 0 Å². The largest absolute Gasteiger partial charge is 0.416 e. The van der Waals surface area contributed by atoms with Gasteiger partial charge in [-0.2, -0.15) is 13.2 Å². The van der Waals surface area contributed by atoms with Crippen LogP contribution in [0.3, 0.4) is 0 Å². The van der Waals surface area contributed by atoms with Gasteiger partial charge in [0.25, 0.3) is 0 Å². The van der Waals surface area contributed by atoms with E-state index >= 15 is 0 Å². The molecule has 5 aliphatic rings. The average Bonchev–Trinajstić information content (AvgIpc) is 3.28. The first-order valence-electron chi connectivity index (χ1n) is 16.1. The van der Waals surface area contributed by atoms with Crippen LogP contribution in [-0.4, -0.2) is 33.8 Å². The highest BCUT2D eigenvalue weighted by Crippen LogP contribution is 2.67. The Hall–Kier alpha value is -3.29. The van der Waals surface area contributed by atoms with Crippen molar-refractivity contribution in [3.05, 3.63) is 70.9 Å². The van der Waals surface area contributed by atoms with Gasteiger partial charge in [-0.15, -0.1) is 0 Å². The van der Waals surface area contributed by atoms with Gasteiger partial charge in [0.1, 0.15) is 0 Å². The zero-order chi connectivity index (χ0) is 31.0. The van der Waals surface area contributed by atoms with Gasteiger partial charge in [0, 0.05) is 35.1 Å². The molecular weight excluding hydrogens is 563 g/mol. The highest BCUT2D eigenvalue weighted by molar-refractivity contribution is 5.88. The smallest absolute Gasteiger partial charge is 0.358 e. The molecule has 44 heavy (non-hydrogen) atoms. The first kappa shape index (κ1) is 29.4. The van der Waals surface area contributed by atoms with E-state index in [1.54, 1.807) is 4.90 Å². The van der Waals surface area contributed by atoms with E-state index in [0.29, 0.717) is 23.3 Å². The number of aromatic amines is 1.